The summed E-state index contributed by atoms with van der Waals surface area (Å²) in [5.74, 6) is 1.80. The molecule has 3 aromatic rings. The summed E-state index contributed by atoms with van der Waals surface area (Å²) in [7, 11) is 1.79. The van der Waals surface area contributed by atoms with Gasteiger partial charge in [-0.15, -0.1) is 11.3 Å². The first kappa shape index (κ1) is 15.6. The van der Waals surface area contributed by atoms with E-state index in [0.29, 0.717) is 0 Å². The van der Waals surface area contributed by atoms with Gasteiger partial charge in [0.25, 0.3) is 0 Å². The van der Waals surface area contributed by atoms with Crippen molar-refractivity contribution in [3.8, 4) is 0 Å². The standard InChI is InChI=1S/C18H21N3OS/c1-13-7-8-16(23-13)12-21-18(19-2)20-10-9-15-11-14-5-3-4-6-17(14)22-15/h3-8,11H,9-10,12H2,1-2H3,(H2,19,20,21). The predicted molar refractivity (Wildman–Crippen MR) is 97.2 cm³/mol. The number of aliphatic imine (C=N–C) groups is 1. The molecular weight excluding hydrogens is 306 g/mol. The number of nitrogens with zero attached hydrogens (tertiary/aromatic N) is 1. The summed E-state index contributed by atoms with van der Waals surface area (Å²) in [6.07, 6.45) is 0.827. The molecule has 0 fully saturated rings. The minimum absolute atomic E-state index is 0.781. The molecule has 0 saturated heterocycles. The Balaban J connectivity index is 1.48. The molecule has 5 heteroatoms. The summed E-state index contributed by atoms with van der Waals surface area (Å²) in [5.41, 5.74) is 0.943. The second kappa shape index (κ2) is 7.33. The van der Waals surface area contributed by atoms with Gasteiger partial charge < -0.3 is 15.1 Å². The fraction of sp³-hybridized carbons (Fsp3) is 0.278. The van der Waals surface area contributed by atoms with Crippen molar-refractivity contribution in [3.63, 3.8) is 0 Å². The minimum atomic E-state index is 0.781. The molecule has 0 saturated carbocycles. The van der Waals surface area contributed by atoms with Crippen LogP contribution in [0.1, 0.15) is 15.5 Å². The lowest BCUT2D eigenvalue weighted by Gasteiger charge is -2.10. The van der Waals surface area contributed by atoms with Crippen LogP contribution in [0.25, 0.3) is 11.0 Å². The zero-order valence-electron chi connectivity index (χ0n) is 13.4. The van der Waals surface area contributed by atoms with E-state index in [2.05, 4.69) is 46.8 Å². The predicted octanol–water partition coefficient (Wildman–Crippen LogP) is 3.71. The summed E-state index contributed by atoms with van der Waals surface area (Å²) >= 11 is 1.80. The van der Waals surface area contributed by atoms with E-state index in [1.54, 1.807) is 18.4 Å². The number of thiophene rings is 1. The Morgan fingerprint density at radius 2 is 2.04 bits per heavy atom. The first-order valence-electron chi connectivity index (χ1n) is 7.72. The van der Waals surface area contributed by atoms with Gasteiger partial charge in [0.1, 0.15) is 11.3 Å². The van der Waals surface area contributed by atoms with Crippen LogP contribution < -0.4 is 10.6 Å². The zero-order valence-corrected chi connectivity index (χ0v) is 14.2. The zero-order chi connectivity index (χ0) is 16.1. The third-order valence-corrected chi connectivity index (χ3v) is 4.59. The second-order valence-electron chi connectivity index (χ2n) is 5.37. The van der Waals surface area contributed by atoms with Gasteiger partial charge in [-0.1, -0.05) is 18.2 Å². The highest BCUT2D eigenvalue weighted by atomic mass is 32.1. The molecule has 0 aliphatic carbocycles. The number of para-hydroxylation sites is 1. The average molecular weight is 327 g/mol. The first-order valence-corrected chi connectivity index (χ1v) is 8.53. The van der Waals surface area contributed by atoms with Gasteiger partial charge in [0.2, 0.25) is 0 Å². The maximum Gasteiger partial charge on any atom is 0.191 e. The molecule has 2 aromatic heterocycles. The van der Waals surface area contributed by atoms with Crippen molar-refractivity contribution >= 4 is 28.3 Å². The van der Waals surface area contributed by atoms with Crippen LogP contribution in [0.15, 0.2) is 51.9 Å². The molecule has 2 heterocycles. The van der Waals surface area contributed by atoms with Gasteiger partial charge in [0, 0.05) is 35.2 Å². The van der Waals surface area contributed by atoms with Crippen LogP contribution >= 0.6 is 11.3 Å². The number of rotatable bonds is 5. The molecule has 3 rings (SSSR count). The van der Waals surface area contributed by atoms with Crippen LogP contribution in [0.4, 0.5) is 0 Å². The van der Waals surface area contributed by atoms with Crippen molar-refractivity contribution in [3.05, 3.63) is 58.0 Å². The van der Waals surface area contributed by atoms with Crippen molar-refractivity contribution in [2.45, 2.75) is 19.9 Å². The van der Waals surface area contributed by atoms with Crippen LogP contribution in [0.3, 0.4) is 0 Å². The molecule has 0 amide bonds. The first-order chi connectivity index (χ1) is 11.2. The van der Waals surface area contributed by atoms with Crippen molar-refractivity contribution in [2.75, 3.05) is 13.6 Å². The minimum Gasteiger partial charge on any atom is -0.461 e. The van der Waals surface area contributed by atoms with Crippen molar-refractivity contribution in [2.24, 2.45) is 4.99 Å². The number of guanidine groups is 1. The Bertz CT molecular complexity index is 770. The molecule has 1 aromatic carbocycles. The maximum atomic E-state index is 5.82. The number of hydrogen-bond donors (Lipinski definition) is 2. The van der Waals surface area contributed by atoms with Crippen molar-refractivity contribution < 1.29 is 4.42 Å². The quantitative estimate of drug-likeness (QED) is 0.555. The van der Waals surface area contributed by atoms with Gasteiger partial charge >= 0.3 is 0 Å². The number of benzene rings is 1. The van der Waals surface area contributed by atoms with Crippen LogP contribution in [0.5, 0.6) is 0 Å². The fourth-order valence-corrected chi connectivity index (χ4v) is 3.27. The lowest BCUT2D eigenvalue weighted by atomic mass is 10.2. The summed E-state index contributed by atoms with van der Waals surface area (Å²) in [6.45, 7) is 3.69. The summed E-state index contributed by atoms with van der Waals surface area (Å²) < 4.78 is 5.82. The lowest BCUT2D eigenvalue weighted by Crippen LogP contribution is -2.37. The SMILES string of the molecule is CN=C(NCCc1cc2ccccc2o1)NCc1ccc(C)s1. The Morgan fingerprint density at radius 1 is 1.17 bits per heavy atom. The average Bonchev–Trinajstić information content (AvgIpc) is 3.16. The third kappa shape index (κ3) is 4.13. The van der Waals surface area contributed by atoms with E-state index >= 15 is 0 Å². The van der Waals surface area contributed by atoms with Crippen molar-refractivity contribution in [1.82, 2.24) is 10.6 Å². The van der Waals surface area contributed by atoms with Gasteiger partial charge in [-0.2, -0.15) is 0 Å². The largest absolute Gasteiger partial charge is 0.461 e. The van der Waals surface area contributed by atoms with Crippen LogP contribution in [0.2, 0.25) is 0 Å². The van der Waals surface area contributed by atoms with E-state index in [1.165, 1.54) is 9.75 Å². The molecule has 0 unspecified atom stereocenters. The Hall–Kier alpha value is -2.27. The van der Waals surface area contributed by atoms with Crippen LogP contribution in [-0.2, 0) is 13.0 Å². The highest BCUT2D eigenvalue weighted by molar-refractivity contribution is 7.11. The van der Waals surface area contributed by atoms with E-state index in [9.17, 15) is 0 Å². The number of nitrogens with one attached hydrogen (secondary N) is 2. The number of fused-ring (bicyclic) bond motifs is 1. The smallest absolute Gasteiger partial charge is 0.191 e. The highest BCUT2D eigenvalue weighted by Gasteiger charge is 2.04. The summed E-state index contributed by atoms with van der Waals surface area (Å²) in [4.78, 5) is 6.89. The van der Waals surface area contributed by atoms with Crippen LogP contribution in [0, 0.1) is 6.92 Å². The van der Waals surface area contributed by atoms with E-state index in [1.807, 2.05) is 18.2 Å². The fourth-order valence-electron chi connectivity index (χ4n) is 2.44. The van der Waals surface area contributed by atoms with E-state index in [4.69, 9.17) is 4.42 Å². The maximum absolute atomic E-state index is 5.82. The van der Waals surface area contributed by atoms with Gasteiger partial charge in [-0.25, -0.2) is 0 Å². The number of hydrogen-bond acceptors (Lipinski definition) is 3. The molecule has 120 valence electrons. The monoisotopic (exact) mass is 327 g/mol. The molecule has 2 N–H and O–H groups in total. The van der Waals surface area contributed by atoms with Crippen LogP contribution in [-0.4, -0.2) is 19.6 Å². The topological polar surface area (TPSA) is 49.6 Å². The highest BCUT2D eigenvalue weighted by Crippen LogP contribution is 2.18. The van der Waals surface area contributed by atoms with E-state index in [-0.39, 0.29) is 0 Å². The summed E-state index contributed by atoms with van der Waals surface area (Å²) in [5, 5.41) is 7.80. The van der Waals surface area contributed by atoms with E-state index < -0.39 is 0 Å². The van der Waals surface area contributed by atoms with Gasteiger partial charge in [0.15, 0.2) is 5.96 Å². The molecule has 0 aliphatic rings. The Labute approximate surface area is 140 Å². The van der Waals surface area contributed by atoms with E-state index in [0.717, 1.165) is 42.2 Å². The Kier molecular flexibility index (Phi) is 4.98. The Morgan fingerprint density at radius 3 is 2.78 bits per heavy atom. The molecule has 0 bridgehead atoms. The lowest BCUT2D eigenvalue weighted by molar-refractivity contribution is 0.544. The van der Waals surface area contributed by atoms with Gasteiger partial charge in [-0.05, 0) is 31.2 Å². The summed E-state index contributed by atoms with van der Waals surface area (Å²) in [6, 6.07) is 14.5. The van der Waals surface area contributed by atoms with Gasteiger partial charge in [-0.3, -0.25) is 4.99 Å². The molecular formula is C18H21N3OS. The second-order valence-corrected chi connectivity index (χ2v) is 6.74. The van der Waals surface area contributed by atoms with Crippen molar-refractivity contribution in [1.29, 1.82) is 0 Å². The molecule has 0 aliphatic heterocycles. The molecule has 0 radical (unpaired) electrons. The molecule has 4 nitrogen and oxygen atoms in total. The third-order valence-electron chi connectivity index (χ3n) is 3.59. The normalized spacial score (nSPS) is 11.8. The van der Waals surface area contributed by atoms with Gasteiger partial charge in [0.05, 0.1) is 6.54 Å². The number of aryl methyl sites for hydroxylation is 1. The molecule has 0 spiro atoms. The molecule has 23 heavy (non-hydrogen) atoms. The number of furan rings is 1. The molecule has 0 atom stereocenters.